The lowest BCUT2D eigenvalue weighted by molar-refractivity contribution is -0.127. The van der Waals surface area contributed by atoms with E-state index in [1.54, 1.807) is 4.90 Å². The van der Waals surface area contributed by atoms with E-state index in [1.165, 1.54) is 0 Å². The summed E-state index contributed by atoms with van der Waals surface area (Å²) in [5, 5.41) is 3.14. The van der Waals surface area contributed by atoms with Crippen molar-refractivity contribution in [3.05, 3.63) is 17.5 Å². The fourth-order valence-electron chi connectivity index (χ4n) is 2.07. The largest absolute Gasteiger partial charge is 0.344 e. The molecular formula is C13H20N4O. The molecule has 0 bridgehead atoms. The molecule has 0 aromatic carbocycles. The first-order valence-corrected chi connectivity index (χ1v) is 6.34. The summed E-state index contributed by atoms with van der Waals surface area (Å²) in [7, 11) is 1.82. The van der Waals surface area contributed by atoms with Crippen LogP contribution in [0.4, 0.5) is 5.95 Å². The zero-order chi connectivity index (χ0) is 13.3. The van der Waals surface area contributed by atoms with Crippen LogP contribution in [0.2, 0.25) is 0 Å². The first-order valence-electron chi connectivity index (χ1n) is 6.34. The number of nitrogens with one attached hydrogen (secondary N) is 1. The first-order chi connectivity index (χ1) is 8.47. The molecule has 1 unspecified atom stereocenters. The number of aryl methyl sites for hydroxylation is 1. The summed E-state index contributed by atoms with van der Waals surface area (Å²) in [5.41, 5.74) is 1.93. The van der Waals surface area contributed by atoms with Crippen LogP contribution >= 0.6 is 0 Å². The monoisotopic (exact) mass is 248 g/mol. The van der Waals surface area contributed by atoms with Crippen molar-refractivity contribution in [2.75, 3.05) is 18.9 Å². The smallest absolute Gasteiger partial charge is 0.244 e. The maximum absolute atomic E-state index is 11.8. The second kappa shape index (κ2) is 4.92. The molecule has 0 spiro atoms. The van der Waals surface area contributed by atoms with Crippen molar-refractivity contribution in [3.63, 3.8) is 0 Å². The fraction of sp³-hybridized carbons (Fsp3) is 0.615. The standard InChI is InChI=1S/C13H20N4O/c1-8(2)11-7-9(3)14-13(16-11)15-10-5-6-17(4)12(10)18/h7-8,10H,5-6H2,1-4H3,(H,14,15,16). The molecule has 1 fully saturated rings. The Balaban J connectivity index is 2.17. The number of nitrogens with zero attached hydrogens (tertiary/aromatic N) is 3. The molecule has 2 rings (SSSR count). The van der Waals surface area contributed by atoms with Crippen LogP contribution in [-0.4, -0.2) is 40.4 Å². The predicted octanol–water partition coefficient (Wildman–Crippen LogP) is 1.55. The van der Waals surface area contributed by atoms with Gasteiger partial charge < -0.3 is 10.2 Å². The molecule has 1 atom stereocenters. The van der Waals surface area contributed by atoms with E-state index >= 15 is 0 Å². The molecule has 1 N–H and O–H groups in total. The minimum absolute atomic E-state index is 0.117. The van der Waals surface area contributed by atoms with Crippen LogP contribution in [0.1, 0.15) is 37.6 Å². The van der Waals surface area contributed by atoms with Crippen molar-refractivity contribution < 1.29 is 4.79 Å². The predicted molar refractivity (Wildman–Crippen MR) is 70.5 cm³/mol. The Labute approximate surface area is 108 Å². The van der Waals surface area contributed by atoms with E-state index in [0.717, 1.165) is 24.4 Å². The molecule has 1 aromatic rings. The molecule has 18 heavy (non-hydrogen) atoms. The molecule has 0 saturated carbocycles. The molecule has 0 radical (unpaired) electrons. The van der Waals surface area contributed by atoms with Crippen LogP contribution in [0.5, 0.6) is 0 Å². The van der Waals surface area contributed by atoms with Crippen LogP contribution in [0, 0.1) is 6.92 Å². The number of carbonyl (C=O) groups is 1. The van der Waals surface area contributed by atoms with Crippen LogP contribution in [0.25, 0.3) is 0 Å². The summed E-state index contributed by atoms with van der Waals surface area (Å²) < 4.78 is 0. The molecule has 0 aliphatic carbocycles. The minimum Gasteiger partial charge on any atom is -0.344 e. The lowest BCUT2D eigenvalue weighted by atomic mass is 10.1. The molecule has 1 aliphatic heterocycles. The Morgan fingerprint density at radius 1 is 1.44 bits per heavy atom. The fourth-order valence-corrected chi connectivity index (χ4v) is 2.07. The number of rotatable bonds is 3. The molecule has 5 heteroatoms. The third-order valence-corrected chi connectivity index (χ3v) is 3.20. The van der Waals surface area contributed by atoms with Gasteiger partial charge in [0.25, 0.3) is 0 Å². The van der Waals surface area contributed by atoms with Crippen molar-refractivity contribution in [1.29, 1.82) is 0 Å². The number of carbonyl (C=O) groups excluding carboxylic acids is 1. The normalized spacial score (nSPS) is 19.7. The number of likely N-dealkylation sites (N-methyl/N-ethyl adjacent to an activating group) is 1. The average Bonchev–Trinajstić information content (AvgIpc) is 2.60. The highest BCUT2D eigenvalue weighted by atomic mass is 16.2. The summed E-state index contributed by atoms with van der Waals surface area (Å²) in [6.45, 7) is 6.93. The Kier molecular flexibility index (Phi) is 3.50. The van der Waals surface area contributed by atoms with Gasteiger partial charge in [0.1, 0.15) is 6.04 Å². The molecule has 98 valence electrons. The van der Waals surface area contributed by atoms with E-state index < -0.39 is 0 Å². The zero-order valence-corrected chi connectivity index (χ0v) is 11.4. The van der Waals surface area contributed by atoms with Gasteiger partial charge in [0.15, 0.2) is 0 Å². The third kappa shape index (κ3) is 2.60. The van der Waals surface area contributed by atoms with Crippen molar-refractivity contribution in [1.82, 2.24) is 14.9 Å². The number of amides is 1. The van der Waals surface area contributed by atoms with Gasteiger partial charge in [-0.1, -0.05) is 13.8 Å². The van der Waals surface area contributed by atoms with E-state index in [-0.39, 0.29) is 11.9 Å². The summed E-state index contributed by atoms with van der Waals surface area (Å²) in [5.74, 6) is 1.03. The number of anilines is 1. The Morgan fingerprint density at radius 3 is 2.72 bits per heavy atom. The van der Waals surface area contributed by atoms with Crippen molar-refractivity contribution in [3.8, 4) is 0 Å². The SMILES string of the molecule is Cc1cc(C(C)C)nc(NC2CCN(C)C2=O)n1. The van der Waals surface area contributed by atoms with Crippen molar-refractivity contribution in [2.24, 2.45) is 0 Å². The van der Waals surface area contributed by atoms with Gasteiger partial charge in [-0.05, 0) is 25.3 Å². The third-order valence-electron chi connectivity index (χ3n) is 3.20. The van der Waals surface area contributed by atoms with Gasteiger partial charge in [0.05, 0.1) is 0 Å². The minimum atomic E-state index is -0.184. The van der Waals surface area contributed by atoms with Gasteiger partial charge >= 0.3 is 0 Å². The van der Waals surface area contributed by atoms with Crippen LogP contribution in [-0.2, 0) is 4.79 Å². The Bertz CT molecular complexity index is 458. The quantitative estimate of drug-likeness (QED) is 0.881. The highest BCUT2D eigenvalue weighted by Gasteiger charge is 2.29. The highest BCUT2D eigenvalue weighted by Crippen LogP contribution is 2.17. The molecule has 1 aliphatic rings. The summed E-state index contributed by atoms with van der Waals surface area (Å²) in [6, 6.07) is 1.80. The molecule has 2 heterocycles. The molecule has 1 saturated heterocycles. The molecule has 1 amide bonds. The van der Waals surface area contributed by atoms with E-state index in [2.05, 4.69) is 29.1 Å². The van der Waals surface area contributed by atoms with Crippen molar-refractivity contribution >= 4 is 11.9 Å². The summed E-state index contributed by atoms with van der Waals surface area (Å²) in [4.78, 5) is 22.4. The Hall–Kier alpha value is -1.65. The molecule has 5 nitrogen and oxygen atoms in total. The van der Waals surface area contributed by atoms with Crippen LogP contribution in [0.3, 0.4) is 0 Å². The van der Waals surface area contributed by atoms with Gasteiger partial charge in [-0.25, -0.2) is 9.97 Å². The van der Waals surface area contributed by atoms with Gasteiger partial charge in [0, 0.05) is 25.0 Å². The van der Waals surface area contributed by atoms with Gasteiger partial charge in [-0.15, -0.1) is 0 Å². The number of hydrogen-bond acceptors (Lipinski definition) is 4. The zero-order valence-electron chi connectivity index (χ0n) is 11.4. The average molecular weight is 248 g/mol. The van der Waals surface area contributed by atoms with Gasteiger partial charge in [-0.3, -0.25) is 4.79 Å². The topological polar surface area (TPSA) is 58.1 Å². The van der Waals surface area contributed by atoms with E-state index in [4.69, 9.17) is 0 Å². The highest BCUT2D eigenvalue weighted by molar-refractivity contribution is 5.86. The number of hydrogen-bond donors (Lipinski definition) is 1. The first kappa shape index (κ1) is 12.8. The maximum atomic E-state index is 11.8. The number of likely N-dealkylation sites (tertiary alicyclic amines) is 1. The lowest BCUT2D eigenvalue weighted by Crippen LogP contribution is -2.31. The van der Waals surface area contributed by atoms with E-state index in [1.807, 2.05) is 20.0 Å². The summed E-state index contributed by atoms with van der Waals surface area (Å²) >= 11 is 0. The van der Waals surface area contributed by atoms with Gasteiger partial charge in [-0.2, -0.15) is 0 Å². The number of aromatic nitrogens is 2. The molecular weight excluding hydrogens is 228 g/mol. The van der Waals surface area contributed by atoms with Crippen LogP contribution < -0.4 is 5.32 Å². The maximum Gasteiger partial charge on any atom is 0.244 e. The van der Waals surface area contributed by atoms with Crippen molar-refractivity contribution in [2.45, 2.75) is 39.2 Å². The van der Waals surface area contributed by atoms with E-state index in [0.29, 0.717) is 11.9 Å². The van der Waals surface area contributed by atoms with E-state index in [9.17, 15) is 4.79 Å². The lowest BCUT2D eigenvalue weighted by Gasteiger charge is -2.14. The van der Waals surface area contributed by atoms with Crippen LogP contribution in [0.15, 0.2) is 6.07 Å². The second-order valence-corrected chi connectivity index (χ2v) is 5.16. The second-order valence-electron chi connectivity index (χ2n) is 5.16. The Morgan fingerprint density at radius 2 is 2.17 bits per heavy atom. The molecule has 1 aromatic heterocycles. The summed E-state index contributed by atoms with van der Waals surface area (Å²) in [6.07, 6.45) is 0.809. The van der Waals surface area contributed by atoms with Gasteiger partial charge in [0.2, 0.25) is 11.9 Å².